The molecule has 0 spiro atoms. The van der Waals surface area contributed by atoms with Gasteiger partial charge in [0.25, 0.3) is 5.69 Å². The lowest BCUT2D eigenvalue weighted by atomic mass is 10.2. The third-order valence-corrected chi connectivity index (χ3v) is 5.50. The number of benzene rings is 1. The van der Waals surface area contributed by atoms with Crippen LogP contribution in [0.2, 0.25) is 0 Å². The van der Waals surface area contributed by atoms with Crippen LogP contribution < -0.4 is 0 Å². The lowest BCUT2D eigenvalue weighted by Crippen LogP contribution is -2.48. The molecule has 0 aliphatic carbocycles. The Morgan fingerprint density at radius 2 is 1.90 bits per heavy atom. The van der Waals surface area contributed by atoms with Crippen molar-refractivity contribution in [1.29, 1.82) is 0 Å². The van der Waals surface area contributed by atoms with E-state index in [4.69, 9.17) is 0 Å². The maximum absolute atomic E-state index is 11.8. The monoisotopic (exact) mass is 313 g/mol. The first-order valence-electron chi connectivity index (χ1n) is 6.86. The van der Waals surface area contributed by atoms with Crippen molar-refractivity contribution in [1.82, 2.24) is 9.21 Å². The highest BCUT2D eigenvalue weighted by molar-refractivity contribution is 7.89. The van der Waals surface area contributed by atoms with E-state index in [0.29, 0.717) is 32.7 Å². The van der Waals surface area contributed by atoms with Gasteiger partial charge in [0, 0.05) is 44.9 Å². The fourth-order valence-electron chi connectivity index (χ4n) is 2.37. The van der Waals surface area contributed by atoms with Gasteiger partial charge in [-0.05, 0) is 12.5 Å². The number of nitro groups is 1. The molecule has 0 bridgehead atoms. The smallest absolute Gasteiger partial charge is 0.269 e. The summed E-state index contributed by atoms with van der Waals surface area (Å²) < 4.78 is 25.1. The van der Waals surface area contributed by atoms with E-state index in [0.717, 1.165) is 5.56 Å². The molecule has 8 heteroatoms. The fraction of sp³-hybridized carbons (Fsp3) is 0.538. The minimum atomic E-state index is -3.12. The molecule has 1 aliphatic rings. The zero-order valence-electron chi connectivity index (χ0n) is 11.9. The van der Waals surface area contributed by atoms with Crippen LogP contribution in [-0.2, 0) is 16.6 Å². The molecule has 0 saturated carbocycles. The number of hydrogen-bond acceptors (Lipinski definition) is 5. The van der Waals surface area contributed by atoms with Gasteiger partial charge in [0.1, 0.15) is 0 Å². The van der Waals surface area contributed by atoms with Crippen LogP contribution in [0.25, 0.3) is 0 Å². The lowest BCUT2D eigenvalue weighted by Gasteiger charge is -2.33. The highest BCUT2D eigenvalue weighted by atomic mass is 32.2. The summed E-state index contributed by atoms with van der Waals surface area (Å²) in [6, 6.07) is 6.55. The van der Waals surface area contributed by atoms with E-state index >= 15 is 0 Å². The van der Waals surface area contributed by atoms with Crippen molar-refractivity contribution >= 4 is 15.7 Å². The Kier molecular flexibility index (Phi) is 4.92. The molecule has 1 saturated heterocycles. The van der Waals surface area contributed by atoms with Crippen LogP contribution in [0.15, 0.2) is 24.3 Å². The van der Waals surface area contributed by atoms with Gasteiger partial charge >= 0.3 is 0 Å². The minimum absolute atomic E-state index is 0.0831. The molecule has 1 fully saturated rings. The Morgan fingerprint density at radius 3 is 2.48 bits per heavy atom. The van der Waals surface area contributed by atoms with Crippen LogP contribution in [-0.4, -0.2) is 54.5 Å². The summed E-state index contributed by atoms with van der Waals surface area (Å²) in [5.41, 5.74) is 0.954. The standard InChI is InChI=1S/C13H19N3O4S/c1-2-21(19,20)15-8-6-14(7-9-15)11-12-4-3-5-13(10-12)16(17)18/h3-5,10H,2,6-9,11H2,1H3. The van der Waals surface area contributed by atoms with E-state index in [9.17, 15) is 18.5 Å². The van der Waals surface area contributed by atoms with Crippen molar-refractivity contribution < 1.29 is 13.3 Å². The SMILES string of the molecule is CCS(=O)(=O)N1CCN(Cc2cccc([N+](=O)[O-])c2)CC1. The molecule has 1 aliphatic heterocycles. The largest absolute Gasteiger partial charge is 0.296 e. The zero-order chi connectivity index (χ0) is 15.5. The van der Waals surface area contributed by atoms with Crippen molar-refractivity contribution in [3.63, 3.8) is 0 Å². The molecule has 0 aromatic heterocycles. The Bertz CT molecular complexity index is 610. The number of hydrogen-bond donors (Lipinski definition) is 0. The van der Waals surface area contributed by atoms with E-state index in [1.54, 1.807) is 19.1 Å². The van der Waals surface area contributed by atoms with Gasteiger partial charge in [-0.25, -0.2) is 8.42 Å². The Morgan fingerprint density at radius 1 is 1.24 bits per heavy atom. The van der Waals surface area contributed by atoms with Crippen LogP contribution in [0.3, 0.4) is 0 Å². The Hall–Kier alpha value is -1.51. The first kappa shape index (κ1) is 15.9. The number of sulfonamides is 1. The summed E-state index contributed by atoms with van der Waals surface area (Å²) in [7, 11) is -3.12. The molecule has 1 aromatic rings. The van der Waals surface area contributed by atoms with Gasteiger partial charge in [0.2, 0.25) is 10.0 Å². The number of nitrogens with zero attached hydrogens (tertiary/aromatic N) is 3. The maximum Gasteiger partial charge on any atom is 0.269 e. The van der Waals surface area contributed by atoms with E-state index in [-0.39, 0.29) is 11.4 Å². The summed E-state index contributed by atoms with van der Waals surface area (Å²) in [5, 5.41) is 10.8. The predicted molar refractivity (Wildman–Crippen MR) is 79.4 cm³/mol. The second kappa shape index (κ2) is 6.50. The first-order chi connectivity index (χ1) is 9.92. The van der Waals surface area contributed by atoms with Gasteiger partial charge in [-0.2, -0.15) is 4.31 Å². The van der Waals surface area contributed by atoms with Gasteiger partial charge in [-0.3, -0.25) is 15.0 Å². The molecule has 0 atom stereocenters. The number of piperazine rings is 1. The van der Waals surface area contributed by atoms with Gasteiger partial charge in [0.05, 0.1) is 10.7 Å². The van der Waals surface area contributed by atoms with Gasteiger partial charge in [-0.15, -0.1) is 0 Å². The Balaban J connectivity index is 1.95. The molecule has 0 N–H and O–H groups in total. The highest BCUT2D eigenvalue weighted by Crippen LogP contribution is 2.16. The third kappa shape index (κ3) is 3.99. The molecule has 0 unspecified atom stereocenters. The van der Waals surface area contributed by atoms with Crippen molar-refractivity contribution in [2.45, 2.75) is 13.5 Å². The molecule has 2 rings (SSSR count). The summed E-state index contributed by atoms with van der Waals surface area (Å²) in [6.45, 7) is 4.48. The maximum atomic E-state index is 11.8. The van der Waals surface area contributed by atoms with Crippen molar-refractivity contribution in [2.24, 2.45) is 0 Å². The molecule has 7 nitrogen and oxygen atoms in total. The molecule has 21 heavy (non-hydrogen) atoms. The molecular weight excluding hydrogens is 294 g/mol. The summed E-state index contributed by atoms with van der Waals surface area (Å²) >= 11 is 0. The van der Waals surface area contributed by atoms with E-state index in [1.807, 2.05) is 6.07 Å². The van der Waals surface area contributed by atoms with E-state index < -0.39 is 14.9 Å². The van der Waals surface area contributed by atoms with Crippen LogP contribution >= 0.6 is 0 Å². The minimum Gasteiger partial charge on any atom is -0.296 e. The van der Waals surface area contributed by atoms with E-state index in [1.165, 1.54) is 10.4 Å². The molecule has 0 amide bonds. The average Bonchev–Trinajstić information content (AvgIpc) is 2.48. The molecule has 1 aromatic carbocycles. The lowest BCUT2D eigenvalue weighted by molar-refractivity contribution is -0.384. The van der Waals surface area contributed by atoms with Crippen LogP contribution in [0.1, 0.15) is 12.5 Å². The normalized spacial score (nSPS) is 17.8. The quantitative estimate of drug-likeness (QED) is 0.599. The summed E-state index contributed by atoms with van der Waals surface area (Å²) in [6.07, 6.45) is 0. The number of non-ortho nitro benzene ring substituents is 1. The second-order valence-corrected chi connectivity index (χ2v) is 7.26. The Labute approximate surface area is 124 Å². The number of rotatable bonds is 5. The van der Waals surface area contributed by atoms with Crippen LogP contribution in [0, 0.1) is 10.1 Å². The van der Waals surface area contributed by atoms with Crippen LogP contribution in [0.4, 0.5) is 5.69 Å². The topological polar surface area (TPSA) is 83.8 Å². The molecule has 0 radical (unpaired) electrons. The van der Waals surface area contributed by atoms with Crippen molar-refractivity contribution in [2.75, 3.05) is 31.9 Å². The predicted octanol–water partition coefficient (Wildman–Crippen LogP) is 1.06. The second-order valence-electron chi connectivity index (χ2n) is 5.00. The highest BCUT2D eigenvalue weighted by Gasteiger charge is 2.25. The first-order valence-corrected chi connectivity index (χ1v) is 8.47. The average molecular weight is 313 g/mol. The molecule has 1 heterocycles. The summed E-state index contributed by atoms with van der Waals surface area (Å²) in [4.78, 5) is 12.5. The number of nitro benzene ring substituents is 1. The summed E-state index contributed by atoms with van der Waals surface area (Å²) in [5.74, 6) is 0.123. The van der Waals surface area contributed by atoms with Gasteiger partial charge < -0.3 is 0 Å². The van der Waals surface area contributed by atoms with Gasteiger partial charge in [0.15, 0.2) is 0 Å². The van der Waals surface area contributed by atoms with E-state index in [2.05, 4.69) is 4.90 Å². The van der Waals surface area contributed by atoms with Crippen molar-refractivity contribution in [3.8, 4) is 0 Å². The molecular formula is C13H19N3O4S. The third-order valence-electron chi connectivity index (χ3n) is 3.62. The van der Waals surface area contributed by atoms with Gasteiger partial charge in [-0.1, -0.05) is 12.1 Å². The zero-order valence-corrected chi connectivity index (χ0v) is 12.8. The van der Waals surface area contributed by atoms with Crippen molar-refractivity contribution in [3.05, 3.63) is 39.9 Å². The fourth-order valence-corrected chi connectivity index (χ4v) is 3.46. The molecule has 116 valence electrons. The van der Waals surface area contributed by atoms with Crippen LogP contribution in [0.5, 0.6) is 0 Å².